The van der Waals surface area contributed by atoms with E-state index in [9.17, 15) is 9.59 Å². The summed E-state index contributed by atoms with van der Waals surface area (Å²) in [5.41, 5.74) is 1.08. The summed E-state index contributed by atoms with van der Waals surface area (Å²) in [4.78, 5) is 34.1. The molecule has 0 spiro atoms. The van der Waals surface area contributed by atoms with Crippen molar-refractivity contribution < 1.29 is 19.1 Å². The summed E-state index contributed by atoms with van der Waals surface area (Å²) in [7, 11) is 1.62. The Labute approximate surface area is 210 Å². The maximum Gasteiger partial charge on any atom is 0.304 e. The molecule has 0 N–H and O–H groups in total. The summed E-state index contributed by atoms with van der Waals surface area (Å²) in [5.74, 6) is 0.364. The van der Waals surface area contributed by atoms with Gasteiger partial charge in [-0.2, -0.15) is 4.99 Å². The molecule has 36 heavy (non-hydrogen) atoms. The first kappa shape index (κ1) is 23.4. The number of carbonyl (C=O) groups excluding carboxylic acids is 2. The zero-order valence-electron chi connectivity index (χ0n) is 20.0. The predicted molar refractivity (Wildman–Crippen MR) is 137 cm³/mol. The van der Waals surface area contributed by atoms with Gasteiger partial charge in [0.05, 0.1) is 7.11 Å². The Morgan fingerprint density at radius 1 is 0.889 bits per heavy atom. The second-order valence-electron chi connectivity index (χ2n) is 8.63. The molecule has 182 valence electrons. The topological polar surface area (TPSA) is 71.4 Å². The van der Waals surface area contributed by atoms with Gasteiger partial charge < -0.3 is 19.3 Å². The van der Waals surface area contributed by atoms with Crippen molar-refractivity contribution in [2.24, 2.45) is 4.99 Å². The van der Waals surface area contributed by atoms with Crippen LogP contribution in [0.3, 0.4) is 0 Å². The average molecular weight is 482 g/mol. The molecule has 2 amide bonds. The maximum absolute atomic E-state index is 13.4. The van der Waals surface area contributed by atoms with Crippen molar-refractivity contribution in [3.05, 3.63) is 108 Å². The molecule has 2 aliphatic heterocycles. The zero-order valence-corrected chi connectivity index (χ0v) is 20.0. The fourth-order valence-corrected chi connectivity index (χ4v) is 4.49. The molecule has 2 heterocycles. The highest BCUT2D eigenvalue weighted by Crippen LogP contribution is 2.39. The van der Waals surface area contributed by atoms with Crippen molar-refractivity contribution in [3.63, 3.8) is 0 Å². The number of rotatable bonds is 5. The highest BCUT2D eigenvalue weighted by molar-refractivity contribution is 6.04. The minimum atomic E-state index is -1.31. The Bertz CT molecular complexity index is 1240. The SMILES string of the molecule is COc1ccc(/C=C/C(=O)N2CCN(C3=NC(=O)C(c4ccccc4)(c4ccccc4)O3)CC2)cc1. The van der Waals surface area contributed by atoms with Gasteiger partial charge in [-0.1, -0.05) is 72.8 Å². The van der Waals surface area contributed by atoms with E-state index in [4.69, 9.17) is 9.47 Å². The van der Waals surface area contributed by atoms with Gasteiger partial charge in [0.1, 0.15) is 5.75 Å². The monoisotopic (exact) mass is 481 g/mol. The summed E-state index contributed by atoms with van der Waals surface area (Å²) in [6.07, 6.45) is 3.38. The second kappa shape index (κ2) is 10.1. The van der Waals surface area contributed by atoms with E-state index >= 15 is 0 Å². The lowest BCUT2D eigenvalue weighted by molar-refractivity contribution is -0.128. The summed E-state index contributed by atoms with van der Waals surface area (Å²) in [6.45, 7) is 2.06. The maximum atomic E-state index is 13.4. The number of ether oxygens (including phenoxy) is 2. The minimum Gasteiger partial charge on any atom is -0.497 e. The Hall–Kier alpha value is -4.39. The molecule has 3 aromatic rings. The number of amidine groups is 1. The van der Waals surface area contributed by atoms with Crippen molar-refractivity contribution >= 4 is 23.9 Å². The van der Waals surface area contributed by atoms with Gasteiger partial charge in [0.25, 0.3) is 6.02 Å². The lowest BCUT2D eigenvalue weighted by Gasteiger charge is -2.36. The molecule has 0 unspecified atom stereocenters. The third-order valence-corrected chi connectivity index (χ3v) is 6.50. The molecule has 0 saturated carbocycles. The summed E-state index contributed by atoms with van der Waals surface area (Å²) < 4.78 is 11.6. The van der Waals surface area contributed by atoms with Crippen LogP contribution in [0.2, 0.25) is 0 Å². The molecule has 1 saturated heterocycles. The lowest BCUT2D eigenvalue weighted by atomic mass is 9.86. The molecule has 0 radical (unpaired) electrons. The molecule has 0 aliphatic carbocycles. The third-order valence-electron chi connectivity index (χ3n) is 6.50. The van der Waals surface area contributed by atoms with Crippen LogP contribution in [0.15, 0.2) is 96.0 Å². The van der Waals surface area contributed by atoms with Crippen molar-refractivity contribution in [3.8, 4) is 5.75 Å². The summed E-state index contributed by atoms with van der Waals surface area (Å²) in [5, 5.41) is 0. The average Bonchev–Trinajstić information content (AvgIpc) is 3.31. The van der Waals surface area contributed by atoms with Crippen LogP contribution < -0.4 is 4.74 Å². The van der Waals surface area contributed by atoms with Gasteiger partial charge in [0.2, 0.25) is 11.5 Å². The number of hydrogen-bond acceptors (Lipinski definition) is 5. The molecule has 5 rings (SSSR count). The third kappa shape index (κ3) is 4.47. The second-order valence-corrected chi connectivity index (χ2v) is 8.63. The lowest BCUT2D eigenvalue weighted by Crippen LogP contribution is -2.51. The van der Waals surface area contributed by atoms with E-state index in [2.05, 4.69) is 4.99 Å². The normalized spacial score (nSPS) is 17.1. The largest absolute Gasteiger partial charge is 0.497 e. The Kier molecular flexibility index (Phi) is 6.54. The molecule has 3 aromatic carbocycles. The molecule has 1 fully saturated rings. The highest BCUT2D eigenvalue weighted by atomic mass is 16.5. The Morgan fingerprint density at radius 2 is 1.47 bits per heavy atom. The number of benzene rings is 3. The van der Waals surface area contributed by atoms with Crippen LogP contribution in [0, 0.1) is 0 Å². The van der Waals surface area contributed by atoms with E-state index in [-0.39, 0.29) is 11.8 Å². The van der Waals surface area contributed by atoms with E-state index in [1.54, 1.807) is 24.2 Å². The van der Waals surface area contributed by atoms with Crippen LogP contribution in [0.25, 0.3) is 6.08 Å². The smallest absolute Gasteiger partial charge is 0.304 e. The number of hydrogen-bond donors (Lipinski definition) is 0. The summed E-state index contributed by atoms with van der Waals surface area (Å²) >= 11 is 0. The standard InChI is InChI=1S/C29H27N3O4/c1-35-25-15-12-22(13-16-25)14-17-26(33)31-18-20-32(21-19-31)28-30-27(34)29(36-28,23-8-4-2-5-9-23)24-10-6-3-7-11-24/h2-17H,18-21H2,1H3/b17-14+. The number of piperazine rings is 1. The van der Waals surface area contributed by atoms with E-state index < -0.39 is 5.60 Å². The fraction of sp³-hybridized carbons (Fsp3) is 0.207. The Morgan fingerprint density at radius 3 is 2.03 bits per heavy atom. The van der Waals surface area contributed by atoms with E-state index in [0.29, 0.717) is 32.2 Å². The summed E-state index contributed by atoms with van der Waals surface area (Å²) in [6, 6.07) is 26.7. The molecule has 7 heteroatoms. The van der Waals surface area contributed by atoms with Crippen LogP contribution in [0.5, 0.6) is 5.75 Å². The fourth-order valence-electron chi connectivity index (χ4n) is 4.49. The van der Waals surface area contributed by atoms with Crippen LogP contribution in [0.1, 0.15) is 16.7 Å². The molecular weight excluding hydrogens is 454 g/mol. The van der Waals surface area contributed by atoms with Crippen molar-refractivity contribution in [2.45, 2.75) is 5.60 Å². The van der Waals surface area contributed by atoms with Gasteiger partial charge in [0, 0.05) is 43.4 Å². The molecule has 0 bridgehead atoms. The van der Waals surface area contributed by atoms with E-state index in [0.717, 1.165) is 22.4 Å². The van der Waals surface area contributed by atoms with Crippen LogP contribution >= 0.6 is 0 Å². The molecule has 7 nitrogen and oxygen atoms in total. The van der Waals surface area contributed by atoms with E-state index in [1.807, 2.05) is 89.8 Å². The predicted octanol–water partition coefficient (Wildman–Crippen LogP) is 3.71. The van der Waals surface area contributed by atoms with Crippen LogP contribution in [-0.2, 0) is 19.9 Å². The van der Waals surface area contributed by atoms with Gasteiger partial charge >= 0.3 is 5.91 Å². The first-order chi connectivity index (χ1) is 17.6. The zero-order chi connectivity index (χ0) is 25.0. The van der Waals surface area contributed by atoms with Crippen LogP contribution in [-0.4, -0.2) is 60.9 Å². The van der Waals surface area contributed by atoms with Gasteiger partial charge in [0.15, 0.2) is 0 Å². The van der Waals surface area contributed by atoms with Gasteiger partial charge in [-0.25, -0.2) is 0 Å². The van der Waals surface area contributed by atoms with E-state index in [1.165, 1.54) is 0 Å². The molecule has 0 aromatic heterocycles. The first-order valence-electron chi connectivity index (χ1n) is 11.9. The molecular formula is C29H27N3O4. The van der Waals surface area contributed by atoms with Crippen molar-refractivity contribution in [2.75, 3.05) is 33.3 Å². The van der Waals surface area contributed by atoms with Crippen LogP contribution in [0.4, 0.5) is 0 Å². The van der Waals surface area contributed by atoms with Crippen molar-refractivity contribution in [1.29, 1.82) is 0 Å². The first-order valence-corrected chi connectivity index (χ1v) is 11.9. The number of nitrogens with zero attached hydrogens (tertiary/aromatic N) is 3. The molecule has 2 aliphatic rings. The number of aliphatic imine (C=N–C) groups is 1. The highest BCUT2D eigenvalue weighted by Gasteiger charge is 2.51. The number of carbonyl (C=O) groups is 2. The van der Waals surface area contributed by atoms with Gasteiger partial charge in [-0.3, -0.25) is 9.59 Å². The van der Waals surface area contributed by atoms with Gasteiger partial charge in [-0.05, 0) is 23.8 Å². The number of methoxy groups -OCH3 is 1. The molecule has 0 atom stereocenters. The quantitative estimate of drug-likeness (QED) is 0.520. The van der Waals surface area contributed by atoms with Gasteiger partial charge in [-0.15, -0.1) is 0 Å². The van der Waals surface area contributed by atoms with Crippen molar-refractivity contribution in [1.82, 2.24) is 9.80 Å². The minimum absolute atomic E-state index is 0.0567. The Balaban J connectivity index is 1.26. The number of amides is 2.